The fraction of sp³-hybridized carbons (Fsp3) is 0.647. The fourth-order valence-corrected chi connectivity index (χ4v) is 3.56. The molecule has 21 heavy (non-hydrogen) atoms. The minimum atomic E-state index is 0.519. The Labute approximate surface area is 127 Å². The molecule has 3 N–H and O–H groups in total. The number of hydrogen-bond donors (Lipinski definition) is 2. The monoisotopic (exact) mass is 289 g/mol. The maximum Gasteiger partial charge on any atom is 0.0642 e. The van der Waals surface area contributed by atoms with Crippen LogP contribution in [0.4, 0.5) is 11.4 Å². The molecule has 0 spiro atoms. The molecule has 0 radical (unpaired) electrons. The number of para-hydroxylation sites is 2. The topological polar surface area (TPSA) is 50.5 Å². The number of nitrogens with zero attached hydrogens (tertiary/aromatic N) is 1. The van der Waals surface area contributed by atoms with Gasteiger partial charge in [0.15, 0.2) is 0 Å². The molecule has 1 aromatic rings. The zero-order chi connectivity index (χ0) is 14.5. The summed E-state index contributed by atoms with van der Waals surface area (Å²) in [6, 6.07) is 9.18. The fourth-order valence-electron chi connectivity index (χ4n) is 3.56. The summed E-state index contributed by atoms with van der Waals surface area (Å²) in [6.07, 6.45) is 5.13. The first-order chi connectivity index (χ1) is 10.4. The van der Waals surface area contributed by atoms with Gasteiger partial charge in [0.25, 0.3) is 0 Å². The van der Waals surface area contributed by atoms with Crippen LogP contribution in [-0.4, -0.2) is 38.9 Å². The highest BCUT2D eigenvalue weighted by Gasteiger charge is 2.25. The Hall–Kier alpha value is -1.26. The van der Waals surface area contributed by atoms with Gasteiger partial charge in [0.2, 0.25) is 0 Å². The van der Waals surface area contributed by atoms with Crippen molar-refractivity contribution < 1.29 is 4.74 Å². The third kappa shape index (κ3) is 3.50. The smallest absolute Gasteiger partial charge is 0.0642 e. The van der Waals surface area contributed by atoms with Gasteiger partial charge in [-0.25, -0.2) is 0 Å². The predicted molar refractivity (Wildman–Crippen MR) is 87.9 cm³/mol. The summed E-state index contributed by atoms with van der Waals surface area (Å²) in [6.45, 7) is 4.39. The van der Waals surface area contributed by atoms with Crippen molar-refractivity contribution in [1.82, 2.24) is 0 Å². The molecule has 1 aromatic carbocycles. The van der Waals surface area contributed by atoms with E-state index in [1.807, 2.05) is 0 Å². The second kappa shape index (κ2) is 7.14. The number of nitrogens with two attached hydrogens (primary N) is 1. The van der Waals surface area contributed by atoms with Crippen molar-refractivity contribution in [3.8, 4) is 0 Å². The molecular formula is C17H27N3O. The number of morpholine rings is 1. The van der Waals surface area contributed by atoms with Crippen LogP contribution in [0.3, 0.4) is 0 Å². The first kappa shape index (κ1) is 14.7. The third-order valence-electron chi connectivity index (χ3n) is 4.81. The lowest BCUT2D eigenvalue weighted by molar-refractivity contribution is 0.123. The maximum absolute atomic E-state index is 5.96. The minimum absolute atomic E-state index is 0.519. The Kier molecular flexibility index (Phi) is 4.99. The van der Waals surface area contributed by atoms with E-state index in [9.17, 15) is 0 Å². The highest BCUT2D eigenvalue weighted by molar-refractivity contribution is 5.70. The Morgan fingerprint density at radius 3 is 2.71 bits per heavy atom. The molecular weight excluding hydrogens is 262 g/mol. The van der Waals surface area contributed by atoms with Crippen LogP contribution >= 0.6 is 0 Å². The van der Waals surface area contributed by atoms with Gasteiger partial charge < -0.3 is 20.7 Å². The molecule has 2 atom stereocenters. The average Bonchev–Trinajstić information content (AvgIpc) is 2.57. The highest BCUT2D eigenvalue weighted by atomic mass is 16.5. The van der Waals surface area contributed by atoms with Crippen LogP contribution in [0.15, 0.2) is 24.3 Å². The number of ether oxygens (including phenoxy) is 1. The summed E-state index contributed by atoms with van der Waals surface area (Å²) >= 11 is 0. The lowest BCUT2D eigenvalue weighted by atomic mass is 9.84. The van der Waals surface area contributed by atoms with Crippen molar-refractivity contribution in [3.05, 3.63) is 24.3 Å². The molecule has 0 bridgehead atoms. The van der Waals surface area contributed by atoms with Crippen molar-refractivity contribution >= 4 is 11.4 Å². The first-order valence-corrected chi connectivity index (χ1v) is 8.27. The van der Waals surface area contributed by atoms with Crippen LogP contribution in [0.2, 0.25) is 0 Å². The Bertz CT molecular complexity index is 445. The average molecular weight is 289 g/mol. The normalized spacial score (nSPS) is 26.6. The van der Waals surface area contributed by atoms with Crippen LogP contribution in [0.1, 0.15) is 25.7 Å². The van der Waals surface area contributed by atoms with Gasteiger partial charge in [-0.15, -0.1) is 0 Å². The Balaban J connectivity index is 1.75. The van der Waals surface area contributed by atoms with E-state index in [4.69, 9.17) is 10.5 Å². The van der Waals surface area contributed by atoms with Crippen molar-refractivity contribution in [1.29, 1.82) is 0 Å². The molecule has 1 heterocycles. The first-order valence-electron chi connectivity index (χ1n) is 8.27. The van der Waals surface area contributed by atoms with Crippen LogP contribution in [0.25, 0.3) is 0 Å². The van der Waals surface area contributed by atoms with Crippen LogP contribution in [-0.2, 0) is 4.74 Å². The van der Waals surface area contributed by atoms with Gasteiger partial charge in [0, 0.05) is 19.1 Å². The van der Waals surface area contributed by atoms with E-state index in [1.54, 1.807) is 0 Å². The molecule has 2 aliphatic rings. The van der Waals surface area contributed by atoms with E-state index < -0.39 is 0 Å². The van der Waals surface area contributed by atoms with E-state index in [2.05, 4.69) is 34.5 Å². The molecule has 4 heteroatoms. The SMILES string of the molecule is NCC1CCCCC1Nc1ccccc1N1CCOCC1. The Morgan fingerprint density at radius 2 is 1.90 bits per heavy atom. The summed E-state index contributed by atoms with van der Waals surface area (Å²) in [5, 5.41) is 3.79. The van der Waals surface area contributed by atoms with Gasteiger partial charge in [-0.2, -0.15) is 0 Å². The van der Waals surface area contributed by atoms with Gasteiger partial charge in [-0.3, -0.25) is 0 Å². The van der Waals surface area contributed by atoms with Gasteiger partial charge in [-0.1, -0.05) is 25.0 Å². The summed E-state index contributed by atoms with van der Waals surface area (Å²) in [7, 11) is 0. The molecule has 2 unspecified atom stereocenters. The molecule has 116 valence electrons. The number of nitrogens with one attached hydrogen (secondary N) is 1. The number of benzene rings is 1. The molecule has 4 nitrogen and oxygen atoms in total. The van der Waals surface area contributed by atoms with E-state index >= 15 is 0 Å². The molecule has 2 fully saturated rings. The van der Waals surface area contributed by atoms with E-state index in [0.29, 0.717) is 12.0 Å². The quantitative estimate of drug-likeness (QED) is 0.894. The molecule has 1 saturated carbocycles. The van der Waals surface area contributed by atoms with Gasteiger partial charge in [0.1, 0.15) is 0 Å². The van der Waals surface area contributed by atoms with Crippen LogP contribution in [0.5, 0.6) is 0 Å². The van der Waals surface area contributed by atoms with Crippen molar-refractivity contribution in [2.45, 2.75) is 31.7 Å². The molecule has 1 saturated heterocycles. The highest BCUT2D eigenvalue weighted by Crippen LogP contribution is 2.31. The molecule has 0 amide bonds. The van der Waals surface area contributed by atoms with Crippen molar-refractivity contribution in [2.75, 3.05) is 43.1 Å². The van der Waals surface area contributed by atoms with Crippen LogP contribution in [0, 0.1) is 5.92 Å². The van der Waals surface area contributed by atoms with Crippen molar-refractivity contribution in [2.24, 2.45) is 11.7 Å². The van der Waals surface area contributed by atoms with Gasteiger partial charge in [0.05, 0.1) is 24.6 Å². The van der Waals surface area contributed by atoms with Crippen LogP contribution < -0.4 is 16.0 Å². The number of anilines is 2. The minimum Gasteiger partial charge on any atom is -0.380 e. The zero-order valence-corrected chi connectivity index (χ0v) is 12.8. The van der Waals surface area contributed by atoms with E-state index in [1.165, 1.54) is 37.1 Å². The predicted octanol–water partition coefficient (Wildman–Crippen LogP) is 2.45. The second-order valence-corrected chi connectivity index (χ2v) is 6.15. The zero-order valence-electron chi connectivity index (χ0n) is 12.8. The molecule has 3 rings (SSSR count). The van der Waals surface area contributed by atoms with E-state index in [0.717, 1.165) is 32.8 Å². The summed E-state index contributed by atoms with van der Waals surface area (Å²) < 4.78 is 5.47. The second-order valence-electron chi connectivity index (χ2n) is 6.15. The van der Waals surface area contributed by atoms with Crippen molar-refractivity contribution in [3.63, 3.8) is 0 Å². The molecule has 1 aliphatic carbocycles. The summed E-state index contributed by atoms with van der Waals surface area (Å²) in [5.41, 5.74) is 8.52. The number of rotatable bonds is 4. The third-order valence-corrected chi connectivity index (χ3v) is 4.81. The standard InChI is InChI=1S/C17H27N3O/c18-13-14-5-1-2-6-15(14)19-16-7-3-4-8-17(16)20-9-11-21-12-10-20/h3-4,7-8,14-15,19H,1-2,5-6,9-13,18H2. The van der Waals surface area contributed by atoms with E-state index in [-0.39, 0.29) is 0 Å². The van der Waals surface area contributed by atoms with Gasteiger partial charge in [-0.05, 0) is 37.4 Å². The molecule has 1 aliphatic heterocycles. The lowest BCUT2D eigenvalue weighted by Gasteiger charge is -2.35. The molecule has 0 aromatic heterocycles. The maximum atomic E-state index is 5.96. The summed E-state index contributed by atoms with van der Waals surface area (Å²) in [4.78, 5) is 2.42. The lowest BCUT2D eigenvalue weighted by Crippen LogP contribution is -2.39. The number of hydrogen-bond acceptors (Lipinski definition) is 4. The summed E-state index contributed by atoms with van der Waals surface area (Å²) in [5.74, 6) is 0.608. The van der Waals surface area contributed by atoms with Gasteiger partial charge >= 0.3 is 0 Å². The Morgan fingerprint density at radius 1 is 1.14 bits per heavy atom. The largest absolute Gasteiger partial charge is 0.380 e.